The fraction of sp³-hybridized carbons (Fsp3) is 0.760. The lowest BCUT2D eigenvalue weighted by molar-refractivity contribution is 0.0368. The lowest BCUT2D eigenvalue weighted by atomic mass is 10.1. The lowest BCUT2D eigenvalue weighted by Gasteiger charge is -2.33. The van der Waals surface area contributed by atoms with E-state index in [1.807, 2.05) is 13.8 Å². The van der Waals surface area contributed by atoms with Crippen LogP contribution in [0.2, 0.25) is 0 Å². The number of hydrogen-bond donors (Lipinski definition) is 1. The van der Waals surface area contributed by atoms with E-state index >= 15 is 0 Å². The van der Waals surface area contributed by atoms with E-state index in [0.29, 0.717) is 0 Å². The molecule has 0 radical (unpaired) electrons. The Kier molecular flexibility index (Phi) is 15.3. The van der Waals surface area contributed by atoms with Crippen LogP contribution in [0.25, 0.3) is 0 Å². The van der Waals surface area contributed by atoms with Crippen LogP contribution in [0.4, 0.5) is 5.69 Å². The Bertz CT molecular complexity index is 539. The van der Waals surface area contributed by atoms with Crippen LogP contribution in [0.15, 0.2) is 24.3 Å². The molecule has 6 heteroatoms. The molecule has 2 fully saturated rings. The molecule has 180 valence electrons. The fourth-order valence-corrected chi connectivity index (χ4v) is 3.86. The number of thiol groups is 1. The molecule has 0 bridgehead atoms. The van der Waals surface area contributed by atoms with Gasteiger partial charge in [-0.15, -0.1) is 0 Å². The highest BCUT2D eigenvalue weighted by Crippen LogP contribution is 2.18. The van der Waals surface area contributed by atoms with Crippen LogP contribution in [0.1, 0.15) is 46.1 Å². The van der Waals surface area contributed by atoms with E-state index in [4.69, 9.17) is 4.74 Å². The summed E-state index contributed by atoms with van der Waals surface area (Å²) in [7, 11) is 4.19. The van der Waals surface area contributed by atoms with Crippen LogP contribution >= 0.6 is 12.8 Å². The smallest absolute Gasteiger partial charge is 0.0594 e. The number of benzene rings is 1. The number of piperazine rings is 1. The van der Waals surface area contributed by atoms with Gasteiger partial charge in [0.15, 0.2) is 0 Å². The number of nitrogens with zero attached hydrogens (tertiary/aromatic N) is 4. The Labute approximate surface area is 198 Å². The Morgan fingerprint density at radius 1 is 0.935 bits per heavy atom. The first kappa shape index (κ1) is 28.2. The molecule has 2 saturated heterocycles. The quantitative estimate of drug-likeness (QED) is 0.614. The molecule has 0 amide bonds. The molecule has 0 atom stereocenters. The molecule has 0 N–H and O–H groups in total. The zero-order valence-corrected chi connectivity index (χ0v) is 21.9. The van der Waals surface area contributed by atoms with Gasteiger partial charge in [-0.25, -0.2) is 4.31 Å². The van der Waals surface area contributed by atoms with Crippen molar-refractivity contribution >= 4 is 18.5 Å². The van der Waals surface area contributed by atoms with Gasteiger partial charge in [0.2, 0.25) is 0 Å². The summed E-state index contributed by atoms with van der Waals surface area (Å²) in [6.07, 6.45) is 2.70. The summed E-state index contributed by atoms with van der Waals surface area (Å²) in [5.41, 5.74) is 2.69. The molecular formula is C25H48N4OS. The molecule has 0 saturated carbocycles. The van der Waals surface area contributed by atoms with Crippen molar-refractivity contribution in [2.45, 2.75) is 47.1 Å². The minimum absolute atomic E-state index is 0.853. The van der Waals surface area contributed by atoms with Gasteiger partial charge in [0.1, 0.15) is 0 Å². The first-order chi connectivity index (χ1) is 14.9. The molecule has 3 rings (SSSR count). The predicted molar refractivity (Wildman–Crippen MR) is 139 cm³/mol. The normalized spacial score (nSPS) is 17.8. The van der Waals surface area contributed by atoms with Crippen LogP contribution in [-0.2, 0) is 11.3 Å². The Morgan fingerprint density at radius 3 is 2.03 bits per heavy atom. The standard InChI is InChI=1S/C13H21N3S.C10H21NO.C2H6/c1-14(2)11-12-3-5-13(6-4-12)15-7-9-16(17)10-8-15;1-10(2)4-3-5-11-6-8-12-9-7-11;1-2/h3-6,17H,7-11H2,1-2H3;10H,3-9H2,1-2H3;1-2H3. The van der Waals surface area contributed by atoms with Crippen molar-refractivity contribution in [1.82, 2.24) is 14.1 Å². The summed E-state index contributed by atoms with van der Waals surface area (Å²) in [4.78, 5) is 7.12. The zero-order chi connectivity index (χ0) is 23.1. The van der Waals surface area contributed by atoms with Crippen molar-refractivity contribution in [3.63, 3.8) is 0 Å². The van der Waals surface area contributed by atoms with Crippen LogP contribution in [0, 0.1) is 5.92 Å². The number of morpholine rings is 1. The zero-order valence-electron chi connectivity index (χ0n) is 21.0. The van der Waals surface area contributed by atoms with Crippen molar-refractivity contribution in [2.24, 2.45) is 5.92 Å². The number of anilines is 1. The molecule has 2 aliphatic rings. The largest absolute Gasteiger partial charge is 0.379 e. The Morgan fingerprint density at radius 2 is 1.52 bits per heavy atom. The van der Waals surface area contributed by atoms with Gasteiger partial charge >= 0.3 is 0 Å². The maximum atomic E-state index is 5.29. The molecule has 5 nitrogen and oxygen atoms in total. The third-order valence-electron chi connectivity index (χ3n) is 5.42. The Hall–Kier alpha value is -0.790. The monoisotopic (exact) mass is 452 g/mol. The van der Waals surface area contributed by atoms with Crippen molar-refractivity contribution < 1.29 is 4.74 Å². The summed E-state index contributed by atoms with van der Waals surface area (Å²) >= 11 is 4.37. The van der Waals surface area contributed by atoms with Crippen molar-refractivity contribution in [2.75, 3.05) is 78.0 Å². The molecule has 0 unspecified atom stereocenters. The van der Waals surface area contributed by atoms with Gasteiger partial charge in [-0.3, -0.25) is 4.90 Å². The van der Waals surface area contributed by atoms with E-state index in [9.17, 15) is 0 Å². The molecule has 0 aromatic heterocycles. The average Bonchev–Trinajstić information content (AvgIpc) is 2.77. The SMILES string of the molecule is CC.CC(C)CCCN1CCOCC1.CN(C)Cc1ccc(N2CCN(S)CC2)cc1. The Balaban J connectivity index is 0.000000303. The number of ether oxygens (including phenoxy) is 1. The minimum Gasteiger partial charge on any atom is -0.379 e. The topological polar surface area (TPSA) is 22.2 Å². The van der Waals surface area contributed by atoms with Gasteiger partial charge in [-0.2, -0.15) is 0 Å². The highest BCUT2D eigenvalue weighted by molar-refractivity contribution is 7.77. The second kappa shape index (κ2) is 16.8. The molecule has 2 aliphatic heterocycles. The van der Waals surface area contributed by atoms with Gasteiger partial charge in [0.25, 0.3) is 0 Å². The van der Waals surface area contributed by atoms with E-state index in [1.165, 1.54) is 30.6 Å². The summed E-state index contributed by atoms with van der Waals surface area (Å²) < 4.78 is 7.37. The summed E-state index contributed by atoms with van der Waals surface area (Å²) in [6.45, 7) is 19.2. The van der Waals surface area contributed by atoms with Gasteiger partial charge in [0, 0.05) is 51.5 Å². The van der Waals surface area contributed by atoms with Crippen LogP contribution in [0.3, 0.4) is 0 Å². The van der Waals surface area contributed by atoms with Gasteiger partial charge in [-0.05, 0) is 57.1 Å². The summed E-state index contributed by atoms with van der Waals surface area (Å²) in [6, 6.07) is 8.91. The van der Waals surface area contributed by atoms with E-state index in [1.54, 1.807) is 0 Å². The van der Waals surface area contributed by atoms with E-state index in [2.05, 4.69) is 84.0 Å². The molecule has 31 heavy (non-hydrogen) atoms. The third-order valence-corrected chi connectivity index (χ3v) is 5.82. The maximum Gasteiger partial charge on any atom is 0.0594 e. The lowest BCUT2D eigenvalue weighted by Crippen LogP contribution is -2.42. The highest BCUT2D eigenvalue weighted by atomic mass is 32.1. The molecule has 1 aromatic rings. The summed E-state index contributed by atoms with van der Waals surface area (Å²) in [5, 5.41) is 0. The molecule has 2 heterocycles. The fourth-order valence-electron chi connectivity index (χ4n) is 3.68. The van der Waals surface area contributed by atoms with Crippen molar-refractivity contribution in [3.8, 4) is 0 Å². The minimum atomic E-state index is 0.853. The third kappa shape index (κ3) is 12.7. The van der Waals surface area contributed by atoms with Crippen LogP contribution in [0.5, 0.6) is 0 Å². The van der Waals surface area contributed by atoms with Crippen molar-refractivity contribution in [1.29, 1.82) is 0 Å². The van der Waals surface area contributed by atoms with Crippen molar-refractivity contribution in [3.05, 3.63) is 29.8 Å². The average molecular weight is 453 g/mol. The van der Waals surface area contributed by atoms with E-state index in [0.717, 1.165) is 64.9 Å². The van der Waals surface area contributed by atoms with Crippen LogP contribution < -0.4 is 4.90 Å². The van der Waals surface area contributed by atoms with Gasteiger partial charge in [0.05, 0.1) is 13.2 Å². The first-order valence-corrected chi connectivity index (χ1v) is 12.6. The van der Waals surface area contributed by atoms with Gasteiger partial charge < -0.3 is 14.5 Å². The number of rotatable bonds is 7. The van der Waals surface area contributed by atoms with Gasteiger partial charge in [-0.1, -0.05) is 52.6 Å². The molecule has 0 aliphatic carbocycles. The number of hydrogen-bond acceptors (Lipinski definition) is 6. The molecular weight excluding hydrogens is 404 g/mol. The van der Waals surface area contributed by atoms with E-state index in [-0.39, 0.29) is 0 Å². The molecule has 0 spiro atoms. The predicted octanol–water partition coefficient (Wildman–Crippen LogP) is 4.50. The molecule has 1 aromatic carbocycles. The van der Waals surface area contributed by atoms with Crippen LogP contribution in [-0.4, -0.2) is 87.2 Å². The second-order valence-electron chi connectivity index (χ2n) is 8.84. The maximum absolute atomic E-state index is 5.29. The summed E-state index contributed by atoms with van der Waals surface area (Å²) in [5.74, 6) is 0.853. The van der Waals surface area contributed by atoms with E-state index < -0.39 is 0 Å². The first-order valence-electron chi connectivity index (χ1n) is 12.2. The highest BCUT2D eigenvalue weighted by Gasteiger charge is 2.14. The second-order valence-corrected chi connectivity index (χ2v) is 9.40.